The molecule has 2 unspecified atom stereocenters. The molecule has 2 atom stereocenters. The zero-order valence-corrected chi connectivity index (χ0v) is 9.19. The Kier molecular flexibility index (Phi) is 5.40. The molecule has 1 saturated heterocycles. The van der Waals surface area contributed by atoms with E-state index in [9.17, 15) is 0 Å². The van der Waals surface area contributed by atoms with E-state index in [1.54, 1.807) is 7.11 Å². The molecular weight excluding hydrogens is 184 g/mol. The molecule has 0 amide bonds. The van der Waals surface area contributed by atoms with Gasteiger partial charge in [-0.15, -0.1) is 0 Å². The number of rotatable bonds is 5. The van der Waals surface area contributed by atoms with Gasteiger partial charge in [-0.25, -0.2) is 0 Å². The number of hydrogen-bond acceptors (Lipinski definition) is 4. The van der Waals surface area contributed by atoms with Gasteiger partial charge in [0, 0.05) is 7.11 Å². The minimum atomic E-state index is 0.0745. The van der Waals surface area contributed by atoms with Crippen LogP contribution in [0.1, 0.15) is 13.8 Å². The van der Waals surface area contributed by atoms with Gasteiger partial charge in [-0.1, -0.05) is 0 Å². The fourth-order valence-electron chi connectivity index (χ4n) is 1.26. The molecule has 0 aliphatic carbocycles. The summed E-state index contributed by atoms with van der Waals surface area (Å²) in [5.74, 6) is 0. The summed E-state index contributed by atoms with van der Waals surface area (Å²) in [4.78, 5) is 0. The lowest BCUT2D eigenvalue weighted by Gasteiger charge is -2.29. The van der Waals surface area contributed by atoms with Crippen molar-refractivity contribution < 1.29 is 18.9 Å². The lowest BCUT2D eigenvalue weighted by Crippen LogP contribution is -2.40. The summed E-state index contributed by atoms with van der Waals surface area (Å²) in [6.45, 7) is 6.42. The second kappa shape index (κ2) is 6.35. The van der Waals surface area contributed by atoms with Crippen molar-refractivity contribution in [1.82, 2.24) is 0 Å². The van der Waals surface area contributed by atoms with Gasteiger partial charge in [-0.2, -0.15) is 0 Å². The monoisotopic (exact) mass is 204 g/mol. The van der Waals surface area contributed by atoms with E-state index < -0.39 is 0 Å². The van der Waals surface area contributed by atoms with Crippen molar-refractivity contribution in [2.24, 2.45) is 0 Å². The van der Waals surface area contributed by atoms with Crippen LogP contribution in [0, 0.1) is 0 Å². The highest BCUT2D eigenvalue weighted by Crippen LogP contribution is 2.08. The van der Waals surface area contributed by atoms with Crippen LogP contribution in [0.5, 0.6) is 0 Å². The van der Waals surface area contributed by atoms with Gasteiger partial charge in [-0.3, -0.25) is 0 Å². The Morgan fingerprint density at radius 3 is 2.14 bits per heavy atom. The first-order valence-corrected chi connectivity index (χ1v) is 5.06. The summed E-state index contributed by atoms with van der Waals surface area (Å²) in [6.07, 6.45) is 0.399. The first kappa shape index (κ1) is 11.9. The quantitative estimate of drug-likeness (QED) is 0.665. The van der Waals surface area contributed by atoms with E-state index in [1.807, 2.05) is 13.8 Å². The van der Waals surface area contributed by atoms with Gasteiger partial charge in [-0.05, 0) is 13.8 Å². The fourth-order valence-corrected chi connectivity index (χ4v) is 1.26. The smallest absolute Gasteiger partial charge is 0.104 e. The number of hydrogen-bond donors (Lipinski definition) is 0. The van der Waals surface area contributed by atoms with Gasteiger partial charge in [0.15, 0.2) is 0 Å². The molecule has 0 radical (unpaired) electrons. The Hall–Kier alpha value is -0.160. The third-order valence-electron chi connectivity index (χ3n) is 2.00. The van der Waals surface area contributed by atoms with E-state index in [4.69, 9.17) is 18.9 Å². The Morgan fingerprint density at radius 1 is 1.14 bits per heavy atom. The van der Waals surface area contributed by atoms with E-state index in [0.717, 1.165) is 0 Å². The fraction of sp³-hybridized carbons (Fsp3) is 1.00. The van der Waals surface area contributed by atoms with E-state index in [2.05, 4.69) is 0 Å². The van der Waals surface area contributed by atoms with Crippen LogP contribution in [0.3, 0.4) is 0 Å². The van der Waals surface area contributed by atoms with Crippen molar-refractivity contribution >= 4 is 0 Å². The van der Waals surface area contributed by atoms with Crippen molar-refractivity contribution in [2.45, 2.75) is 32.2 Å². The van der Waals surface area contributed by atoms with Gasteiger partial charge in [0.1, 0.15) is 12.2 Å². The summed E-state index contributed by atoms with van der Waals surface area (Å²) in [7, 11) is 1.66. The molecular formula is C10H20O4. The van der Waals surface area contributed by atoms with Gasteiger partial charge in [0.2, 0.25) is 0 Å². The SMILES string of the molecule is COCC1COC(COC(C)C)CO1. The first-order valence-electron chi connectivity index (χ1n) is 5.06. The van der Waals surface area contributed by atoms with Gasteiger partial charge < -0.3 is 18.9 Å². The van der Waals surface area contributed by atoms with Gasteiger partial charge in [0.05, 0.1) is 32.5 Å². The van der Waals surface area contributed by atoms with E-state index in [1.165, 1.54) is 0 Å². The summed E-state index contributed by atoms with van der Waals surface area (Å²) in [5, 5.41) is 0. The molecule has 84 valence electrons. The minimum Gasteiger partial charge on any atom is -0.382 e. The molecule has 1 rings (SSSR count). The van der Waals surface area contributed by atoms with Crippen molar-refractivity contribution in [3.8, 4) is 0 Å². The highest BCUT2D eigenvalue weighted by Gasteiger charge is 2.22. The standard InChI is InChI=1S/C10H20O4/c1-8(2)12-5-10-7-13-9(4-11-3)6-14-10/h8-10H,4-7H2,1-3H3. The van der Waals surface area contributed by atoms with Crippen LogP contribution in [0.15, 0.2) is 0 Å². The molecule has 0 aromatic rings. The van der Waals surface area contributed by atoms with Gasteiger partial charge in [0.25, 0.3) is 0 Å². The zero-order chi connectivity index (χ0) is 10.4. The largest absolute Gasteiger partial charge is 0.382 e. The molecule has 0 N–H and O–H groups in total. The normalized spacial score (nSPS) is 28.3. The van der Waals surface area contributed by atoms with Crippen LogP contribution in [-0.4, -0.2) is 51.8 Å². The van der Waals surface area contributed by atoms with Crippen LogP contribution >= 0.6 is 0 Å². The van der Waals surface area contributed by atoms with Crippen LogP contribution < -0.4 is 0 Å². The molecule has 0 saturated carbocycles. The lowest BCUT2D eigenvalue weighted by molar-refractivity contribution is -0.167. The van der Waals surface area contributed by atoms with Crippen LogP contribution in [0.4, 0.5) is 0 Å². The highest BCUT2D eigenvalue weighted by molar-refractivity contribution is 4.67. The Bertz CT molecular complexity index is 141. The molecule has 0 spiro atoms. The molecule has 4 heteroatoms. The Labute approximate surface area is 85.5 Å². The van der Waals surface area contributed by atoms with E-state index in [0.29, 0.717) is 26.4 Å². The number of ether oxygens (including phenoxy) is 4. The maximum absolute atomic E-state index is 5.56. The molecule has 0 aromatic heterocycles. The predicted octanol–water partition coefficient (Wildman–Crippen LogP) is 0.842. The molecule has 1 heterocycles. The average molecular weight is 204 g/mol. The molecule has 0 bridgehead atoms. The second-order valence-electron chi connectivity index (χ2n) is 3.75. The first-order chi connectivity index (χ1) is 6.72. The second-order valence-corrected chi connectivity index (χ2v) is 3.75. The highest BCUT2D eigenvalue weighted by atomic mass is 16.6. The third kappa shape index (κ3) is 4.37. The molecule has 1 fully saturated rings. The van der Waals surface area contributed by atoms with E-state index >= 15 is 0 Å². The van der Waals surface area contributed by atoms with Crippen molar-refractivity contribution in [3.63, 3.8) is 0 Å². The Morgan fingerprint density at radius 2 is 1.71 bits per heavy atom. The maximum atomic E-state index is 5.56. The third-order valence-corrected chi connectivity index (χ3v) is 2.00. The van der Waals surface area contributed by atoms with Gasteiger partial charge >= 0.3 is 0 Å². The molecule has 1 aliphatic rings. The Balaban J connectivity index is 2.09. The lowest BCUT2D eigenvalue weighted by atomic mass is 10.3. The predicted molar refractivity (Wildman–Crippen MR) is 52.4 cm³/mol. The molecule has 4 nitrogen and oxygen atoms in total. The topological polar surface area (TPSA) is 36.9 Å². The molecule has 14 heavy (non-hydrogen) atoms. The molecule has 1 aliphatic heterocycles. The number of methoxy groups -OCH3 is 1. The zero-order valence-electron chi connectivity index (χ0n) is 9.19. The van der Waals surface area contributed by atoms with Crippen LogP contribution in [-0.2, 0) is 18.9 Å². The molecule has 0 aromatic carbocycles. The summed E-state index contributed by atoms with van der Waals surface area (Å²) < 4.78 is 21.5. The van der Waals surface area contributed by atoms with Crippen molar-refractivity contribution in [1.29, 1.82) is 0 Å². The summed E-state index contributed by atoms with van der Waals surface area (Å²) in [5.41, 5.74) is 0. The van der Waals surface area contributed by atoms with Crippen LogP contribution in [0.2, 0.25) is 0 Å². The minimum absolute atomic E-state index is 0.0745. The van der Waals surface area contributed by atoms with Crippen molar-refractivity contribution in [2.75, 3.05) is 33.5 Å². The van der Waals surface area contributed by atoms with Crippen molar-refractivity contribution in [3.05, 3.63) is 0 Å². The summed E-state index contributed by atoms with van der Waals surface area (Å²) in [6, 6.07) is 0. The van der Waals surface area contributed by atoms with Crippen LogP contribution in [0.25, 0.3) is 0 Å². The average Bonchev–Trinajstić information content (AvgIpc) is 2.17. The summed E-state index contributed by atoms with van der Waals surface area (Å²) >= 11 is 0. The van der Waals surface area contributed by atoms with E-state index in [-0.39, 0.29) is 18.3 Å². The maximum Gasteiger partial charge on any atom is 0.104 e.